The first kappa shape index (κ1) is 8.91. The Balaban J connectivity index is 2.11. The van der Waals surface area contributed by atoms with Crippen molar-refractivity contribution in [3.8, 4) is 0 Å². The van der Waals surface area contributed by atoms with Gasteiger partial charge in [0.25, 0.3) is 0 Å². The standard InChI is InChI=1S/C6H12BF3N/c8-7(9,10)5-11-6-3-1-2-4-6/h6,11H,1-5H2/q-1. The number of hydrogen-bond donors (Lipinski definition) is 1. The fraction of sp³-hybridized carbons (Fsp3) is 1.00. The summed E-state index contributed by atoms with van der Waals surface area (Å²) in [6, 6.07) is 0.124. The molecule has 1 aliphatic rings. The number of halogens is 3. The minimum absolute atomic E-state index is 0.124. The van der Waals surface area contributed by atoms with Gasteiger partial charge in [0.05, 0.1) is 0 Å². The Hall–Kier alpha value is -0.185. The fourth-order valence-corrected chi connectivity index (χ4v) is 1.43. The molecule has 5 heteroatoms. The molecule has 0 heterocycles. The molecule has 11 heavy (non-hydrogen) atoms. The van der Waals surface area contributed by atoms with Crippen LogP contribution in [0.5, 0.6) is 0 Å². The maximum absolute atomic E-state index is 11.7. The van der Waals surface area contributed by atoms with Crippen molar-refractivity contribution in [3.05, 3.63) is 0 Å². The Bertz CT molecular complexity index is 119. The molecule has 1 saturated carbocycles. The molecule has 1 aliphatic carbocycles. The summed E-state index contributed by atoms with van der Waals surface area (Å²) in [6.07, 6.45) is 3.19. The summed E-state index contributed by atoms with van der Waals surface area (Å²) in [5.41, 5.74) is 0. The van der Waals surface area contributed by atoms with Crippen LogP contribution >= 0.6 is 0 Å². The van der Waals surface area contributed by atoms with Gasteiger partial charge in [0.2, 0.25) is 0 Å². The van der Waals surface area contributed by atoms with Gasteiger partial charge in [-0.3, -0.25) is 0 Å². The van der Waals surface area contributed by atoms with Crippen LogP contribution in [0, 0.1) is 0 Å². The van der Waals surface area contributed by atoms with Gasteiger partial charge in [0, 0.05) is 6.04 Å². The van der Waals surface area contributed by atoms with Crippen LogP contribution in [0.3, 0.4) is 0 Å². The van der Waals surface area contributed by atoms with E-state index in [1.165, 1.54) is 0 Å². The maximum Gasteiger partial charge on any atom is 0.491 e. The first-order valence-electron chi connectivity index (χ1n) is 4.02. The molecule has 0 aliphatic heterocycles. The SMILES string of the molecule is F[B-](F)(F)CNC1CCCC1. The van der Waals surface area contributed by atoms with Crippen molar-refractivity contribution in [2.75, 3.05) is 6.44 Å². The molecule has 0 unspecified atom stereocenters. The average molecular weight is 166 g/mol. The summed E-state index contributed by atoms with van der Waals surface area (Å²) in [7, 11) is 0. The molecule has 0 bridgehead atoms. The second-order valence-corrected chi connectivity index (χ2v) is 3.10. The van der Waals surface area contributed by atoms with Crippen LogP contribution in [0.25, 0.3) is 0 Å². The van der Waals surface area contributed by atoms with Crippen molar-refractivity contribution in [2.45, 2.75) is 31.7 Å². The lowest BCUT2D eigenvalue weighted by Crippen LogP contribution is -2.38. The summed E-state index contributed by atoms with van der Waals surface area (Å²) in [4.78, 5) is 0. The van der Waals surface area contributed by atoms with E-state index in [1.807, 2.05) is 0 Å². The molecular formula is C6H12BF3N-. The zero-order valence-electron chi connectivity index (χ0n) is 6.32. The van der Waals surface area contributed by atoms with Crippen LogP contribution in [0.15, 0.2) is 0 Å². The molecular weight excluding hydrogens is 154 g/mol. The van der Waals surface area contributed by atoms with E-state index in [1.54, 1.807) is 0 Å². The molecule has 0 spiro atoms. The molecule has 0 aromatic rings. The summed E-state index contributed by atoms with van der Waals surface area (Å²) in [5, 5.41) is 2.52. The molecule has 0 atom stereocenters. The number of hydrogen-bond acceptors (Lipinski definition) is 1. The molecule has 1 fully saturated rings. The number of rotatable bonds is 3. The highest BCUT2D eigenvalue weighted by molar-refractivity contribution is 6.58. The van der Waals surface area contributed by atoms with Crippen molar-refractivity contribution in [2.24, 2.45) is 0 Å². The van der Waals surface area contributed by atoms with Gasteiger partial charge in [0.15, 0.2) is 0 Å². The lowest BCUT2D eigenvalue weighted by molar-refractivity contribution is 0.437. The Kier molecular flexibility index (Phi) is 2.81. The van der Waals surface area contributed by atoms with Crippen LogP contribution < -0.4 is 5.32 Å². The van der Waals surface area contributed by atoms with Gasteiger partial charge in [0.1, 0.15) is 0 Å². The largest absolute Gasteiger partial charge is 0.491 e. The summed E-state index contributed by atoms with van der Waals surface area (Å²) < 4.78 is 35.1. The molecule has 1 nitrogen and oxygen atoms in total. The first-order chi connectivity index (χ1) is 5.08. The van der Waals surface area contributed by atoms with Crippen LogP contribution in [0.1, 0.15) is 25.7 Å². The van der Waals surface area contributed by atoms with Gasteiger partial charge >= 0.3 is 6.98 Å². The fourth-order valence-electron chi connectivity index (χ4n) is 1.43. The molecule has 0 aromatic carbocycles. The van der Waals surface area contributed by atoms with Gasteiger partial charge in [-0.2, -0.15) is 0 Å². The quantitative estimate of drug-likeness (QED) is 0.631. The van der Waals surface area contributed by atoms with E-state index >= 15 is 0 Å². The van der Waals surface area contributed by atoms with E-state index in [2.05, 4.69) is 5.32 Å². The van der Waals surface area contributed by atoms with E-state index in [-0.39, 0.29) is 6.04 Å². The van der Waals surface area contributed by atoms with E-state index in [4.69, 9.17) is 0 Å². The highest BCUT2D eigenvalue weighted by atomic mass is 19.4. The van der Waals surface area contributed by atoms with Crippen molar-refractivity contribution < 1.29 is 12.9 Å². The zero-order valence-corrected chi connectivity index (χ0v) is 6.32. The van der Waals surface area contributed by atoms with Gasteiger partial charge in [-0.05, 0) is 19.3 Å². The highest BCUT2D eigenvalue weighted by Crippen LogP contribution is 2.18. The van der Waals surface area contributed by atoms with E-state index in [0.29, 0.717) is 0 Å². The van der Waals surface area contributed by atoms with Crippen molar-refractivity contribution in [3.63, 3.8) is 0 Å². The molecule has 0 saturated heterocycles. The van der Waals surface area contributed by atoms with E-state index < -0.39 is 13.4 Å². The number of nitrogens with one attached hydrogen (secondary N) is 1. The first-order valence-corrected chi connectivity index (χ1v) is 4.02. The molecule has 1 N–H and O–H groups in total. The van der Waals surface area contributed by atoms with Crippen molar-refractivity contribution in [1.82, 2.24) is 5.32 Å². The normalized spacial score (nSPS) is 21.0. The topological polar surface area (TPSA) is 12.0 Å². The zero-order chi connectivity index (χ0) is 8.32. The Morgan fingerprint density at radius 1 is 1.18 bits per heavy atom. The molecule has 66 valence electrons. The Morgan fingerprint density at radius 3 is 2.18 bits per heavy atom. The minimum atomic E-state index is -4.63. The van der Waals surface area contributed by atoms with Crippen LogP contribution in [0.4, 0.5) is 12.9 Å². The van der Waals surface area contributed by atoms with E-state index in [0.717, 1.165) is 25.7 Å². The Morgan fingerprint density at radius 2 is 1.73 bits per heavy atom. The maximum atomic E-state index is 11.7. The lowest BCUT2D eigenvalue weighted by Gasteiger charge is -2.18. The average Bonchev–Trinajstić information content (AvgIpc) is 2.32. The lowest BCUT2D eigenvalue weighted by atomic mass is 9.92. The predicted molar refractivity (Wildman–Crippen MR) is 39.3 cm³/mol. The molecule has 0 amide bonds. The second kappa shape index (κ2) is 3.47. The third-order valence-electron chi connectivity index (χ3n) is 1.99. The van der Waals surface area contributed by atoms with E-state index in [9.17, 15) is 12.9 Å². The third kappa shape index (κ3) is 3.65. The van der Waals surface area contributed by atoms with Crippen molar-refractivity contribution >= 4 is 6.98 Å². The molecule has 1 rings (SSSR count). The smallest absolute Gasteiger partial charge is 0.448 e. The van der Waals surface area contributed by atoms with Gasteiger partial charge in [-0.1, -0.05) is 12.8 Å². The van der Waals surface area contributed by atoms with Gasteiger partial charge in [-0.25, -0.2) is 0 Å². The second-order valence-electron chi connectivity index (χ2n) is 3.10. The van der Waals surface area contributed by atoms with Gasteiger partial charge < -0.3 is 18.3 Å². The summed E-state index contributed by atoms with van der Waals surface area (Å²) in [5.74, 6) is 0. The molecule has 0 aromatic heterocycles. The van der Waals surface area contributed by atoms with Gasteiger partial charge in [-0.15, -0.1) is 0 Å². The van der Waals surface area contributed by atoms with Crippen LogP contribution in [-0.4, -0.2) is 19.5 Å². The third-order valence-corrected chi connectivity index (χ3v) is 1.99. The monoisotopic (exact) mass is 166 g/mol. The molecule has 0 radical (unpaired) electrons. The predicted octanol–water partition coefficient (Wildman–Crippen LogP) is 1.91. The van der Waals surface area contributed by atoms with Crippen molar-refractivity contribution in [1.29, 1.82) is 0 Å². The van der Waals surface area contributed by atoms with Crippen LogP contribution in [0.2, 0.25) is 0 Å². The minimum Gasteiger partial charge on any atom is -0.448 e. The summed E-state index contributed by atoms with van der Waals surface area (Å²) in [6.45, 7) is -4.63. The van der Waals surface area contributed by atoms with Crippen LogP contribution in [-0.2, 0) is 0 Å². The summed E-state index contributed by atoms with van der Waals surface area (Å²) >= 11 is 0. The highest BCUT2D eigenvalue weighted by Gasteiger charge is 2.24. The Labute approximate surface area is 64.4 Å².